The number of benzene rings is 1. The van der Waals surface area contributed by atoms with Crippen LogP contribution in [0.1, 0.15) is 12.0 Å². The number of halogens is 2. The van der Waals surface area contributed by atoms with Crippen molar-refractivity contribution in [2.75, 3.05) is 19.6 Å². The van der Waals surface area contributed by atoms with Crippen molar-refractivity contribution in [3.8, 4) is 6.07 Å². The molecule has 1 saturated heterocycles. The molecule has 0 spiro atoms. The van der Waals surface area contributed by atoms with E-state index in [1.807, 2.05) is 0 Å². The third kappa shape index (κ3) is 3.90. The predicted molar refractivity (Wildman–Crippen MR) is 74.5 cm³/mol. The molecule has 0 bridgehead atoms. The van der Waals surface area contributed by atoms with Crippen molar-refractivity contribution in [1.82, 2.24) is 10.0 Å². The number of hydrogen-bond acceptors (Lipinski definition) is 4. The molecule has 0 aromatic heterocycles. The summed E-state index contributed by atoms with van der Waals surface area (Å²) in [6.07, 6.45) is 0.926. The normalized spacial score (nSPS) is 18.3. The smallest absolute Gasteiger partial charge is 0.240 e. The molecule has 0 aliphatic carbocycles. The van der Waals surface area contributed by atoms with Crippen molar-refractivity contribution >= 4 is 22.4 Å². The molecule has 0 saturated carbocycles. The zero-order chi connectivity index (χ0) is 13.9. The quantitative estimate of drug-likeness (QED) is 0.867. The highest BCUT2D eigenvalue weighted by molar-refractivity contribution is 7.89. The summed E-state index contributed by atoms with van der Waals surface area (Å²) < 4.78 is 39.6. The first-order chi connectivity index (χ1) is 9.03. The highest BCUT2D eigenvalue weighted by Gasteiger charge is 2.20. The minimum atomic E-state index is -3.69. The van der Waals surface area contributed by atoms with E-state index >= 15 is 0 Å². The predicted octanol–water partition coefficient (Wildman–Crippen LogP) is 1.01. The van der Waals surface area contributed by atoms with Gasteiger partial charge in [0.2, 0.25) is 10.0 Å². The van der Waals surface area contributed by atoms with Gasteiger partial charge in [-0.15, -0.1) is 12.4 Å². The van der Waals surface area contributed by atoms with Gasteiger partial charge in [0.25, 0.3) is 0 Å². The molecule has 1 unspecified atom stereocenters. The van der Waals surface area contributed by atoms with E-state index in [2.05, 4.69) is 10.0 Å². The summed E-state index contributed by atoms with van der Waals surface area (Å²) in [4.78, 5) is -0.0867. The van der Waals surface area contributed by atoms with E-state index in [0.29, 0.717) is 6.54 Å². The molecule has 0 radical (unpaired) electrons. The summed E-state index contributed by atoms with van der Waals surface area (Å²) >= 11 is 0. The molecule has 1 heterocycles. The van der Waals surface area contributed by atoms with E-state index in [4.69, 9.17) is 5.26 Å². The molecule has 1 aromatic carbocycles. The molecule has 1 aliphatic rings. The SMILES string of the molecule is Cl.N#Cc1cc(S(=O)(=O)NCC2CCNC2)ccc1F. The van der Waals surface area contributed by atoms with Crippen LogP contribution in [-0.2, 0) is 10.0 Å². The molecule has 5 nitrogen and oxygen atoms in total. The van der Waals surface area contributed by atoms with Crippen LogP contribution in [-0.4, -0.2) is 28.1 Å². The Balaban J connectivity index is 0.00000200. The van der Waals surface area contributed by atoms with Crippen LogP contribution in [0.25, 0.3) is 0 Å². The molecule has 2 N–H and O–H groups in total. The maximum Gasteiger partial charge on any atom is 0.240 e. The van der Waals surface area contributed by atoms with E-state index in [-0.39, 0.29) is 28.8 Å². The number of rotatable bonds is 4. The van der Waals surface area contributed by atoms with Crippen molar-refractivity contribution in [1.29, 1.82) is 5.26 Å². The lowest BCUT2D eigenvalue weighted by atomic mass is 10.1. The Labute approximate surface area is 123 Å². The van der Waals surface area contributed by atoms with E-state index in [1.165, 1.54) is 0 Å². The molecule has 1 aromatic rings. The van der Waals surface area contributed by atoms with Gasteiger partial charge in [-0.05, 0) is 43.6 Å². The lowest BCUT2D eigenvalue weighted by Gasteiger charge is -2.11. The van der Waals surface area contributed by atoms with E-state index in [1.54, 1.807) is 6.07 Å². The van der Waals surface area contributed by atoms with Crippen LogP contribution in [0.4, 0.5) is 4.39 Å². The molecular weight excluding hydrogens is 305 g/mol. The number of hydrogen-bond donors (Lipinski definition) is 2. The molecule has 110 valence electrons. The van der Waals surface area contributed by atoms with Gasteiger partial charge in [-0.3, -0.25) is 0 Å². The molecule has 0 amide bonds. The molecule has 1 aliphatic heterocycles. The Hall–Kier alpha value is -1.20. The zero-order valence-corrected chi connectivity index (χ0v) is 12.2. The van der Waals surface area contributed by atoms with Crippen molar-refractivity contribution in [3.63, 3.8) is 0 Å². The summed E-state index contributed by atoms with van der Waals surface area (Å²) in [5, 5.41) is 11.8. The summed E-state index contributed by atoms with van der Waals surface area (Å²) in [5.74, 6) is -0.452. The van der Waals surface area contributed by atoms with Crippen LogP contribution in [0.3, 0.4) is 0 Å². The first-order valence-corrected chi connectivity index (χ1v) is 7.41. The average Bonchev–Trinajstić information content (AvgIpc) is 2.90. The van der Waals surface area contributed by atoms with E-state index in [9.17, 15) is 12.8 Å². The van der Waals surface area contributed by atoms with Crippen molar-refractivity contribution in [2.45, 2.75) is 11.3 Å². The van der Waals surface area contributed by atoms with Gasteiger partial charge in [-0.1, -0.05) is 0 Å². The van der Waals surface area contributed by atoms with Gasteiger partial charge in [0.1, 0.15) is 11.9 Å². The van der Waals surface area contributed by atoms with E-state index in [0.717, 1.165) is 37.7 Å². The zero-order valence-electron chi connectivity index (χ0n) is 10.6. The maximum absolute atomic E-state index is 13.1. The summed E-state index contributed by atoms with van der Waals surface area (Å²) in [6.45, 7) is 2.02. The van der Waals surface area contributed by atoms with E-state index < -0.39 is 15.8 Å². The largest absolute Gasteiger partial charge is 0.316 e. The second-order valence-corrected chi connectivity index (χ2v) is 6.23. The Kier molecular flexibility index (Phi) is 5.89. The van der Waals surface area contributed by atoms with Gasteiger partial charge in [0.05, 0.1) is 10.5 Å². The fourth-order valence-corrected chi connectivity index (χ4v) is 3.10. The Bertz CT molecular complexity index is 610. The molecule has 8 heteroatoms. The minimum absolute atomic E-state index is 0. The fourth-order valence-electron chi connectivity index (χ4n) is 1.96. The summed E-state index contributed by atoms with van der Waals surface area (Å²) in [7, 11) is -3.69. The van der Waals surface area contributed by atoms with Crippen molar-refractivity contribution in [2.24, 2.45) is 5.92 Å². The monoisotopic (exact) mass is 319 g/mol. The van der Waals surface area contributed by atoms with Gasteiger partial charge in [0, 0.05) is 6.54 Å². The second kappa shape index (κ2) is 6.99. The number of nitrogens with one attached hydrogen (secondary N) is 2. The molecule has 2 rings (SSSR count). The Morgan fingerprint density at radius 1 is 1.50 bits per heavy atom. The molecule has 20 heavy (non-hydrogen) atoms. The van der Waals surface area contributed by atoms with Crippen LogP contribution in [0.5, 0.6) is 0 Å². The lowest BCUT2D eigenvalue weighted by Crippen LogP contribution is -2.30. The fraction of sp³-hybridized carbons (Fsp3) is 0.417. The standard InChI is InChI=1S/C12H14FN3O2S.ClH/c13-12-2-1-11(5-10(12)6-14)19(17,18)16-8-9-3-4-15-7-9;/h1-2,5,9,15-16H,3-4,7-8H2;1H. The van der Waals surface area contributed by atoms with Gasteiger partial charge in [-0.2, -0.15) is 5.26 Å². The highest BCUT2D eigenvalue weighted by atomic mass is 35.5. The van der Waals surface area contributed by atoms with Crippen LogP contribution in [0.15, 0.2) is 23.1 Å². The maximum atomic E-state index is 13.1. The number of sulfonamides is 1. The van der Waals surface area contributed by atoms with Gasteiger partial charge >= 0.3 is 0 Å². The first-order valence-electron chi connectivity index (χ1n) is 5.93. The van der Waals surface area contributed by atoms with Crippen LogP contribution in [0, 0.1) is 23.1 Å². The number of nitriles is 1. The summed E-state index contributed by atoms with van der Waals surface area (Å²) in [5.41, 5.74) is -0.273. The van der Waals surface area contributed by atoms with Gasteiger partial charge < -0.3 is 5.32 Å². The number of nitrogens with zero attached hydrogens (tertiary/aromatic N) is 1. The molecule has 1 atom stereocenters. The van der Waals surface area contributed by atoms with Crippen molar-refractivity contribution in [3.05, 3.63) is 29.6 Å². The van der Waals surface area contributed by atoms with Crippen LogP contribution >= 0.6 is 12.4 Å². The minimum Gasteiger partial charge on any atom is -0.316 e. The third-order valence-corrected chi connectivity index (χ3v) is 4.51. The second-order valence-electron chi connectivity index (χ2n) is 4.46. The lowest BCUT2D eigenvalue weighted by molar-refractivity contribution is 0.538. The topological polar surface area (TPSA) is 82.0 Å². The molecular formula is C12H15ClFN3O2S. The highest BCUT2D eigenvalue weighted by Crippen LogP contribution is 2.15. The third-order valence-electron chi connectivity index (χ3n) is 3.09. The van der Waals surface area contributed by atoms with Gasteiger partial charge in [-0.25, -0.2) is 17.5 Å². The van der Waals surface area contributed by atoms with Gasteiger partial charge in [0.15, 0.2) is 0 Å². The average molecular weight is 320 g/mol. The van der Waals surface area contributed by atoms with Crippen LogP contribution < -0.4 is 10.0 Å². The summed E-state index contributed by atoms with van der Waals surface area (Å²) in [6, 6.07) is 4.82. The molecule has 1 fully saturated rings. The van der Waals surface area contributed by atoms with Crippen LogP contribution in [0.2, 0.25) is 0 Å². The Morgan fingerprint density at radius 2 is 2.25 bits per heavy atom. The first kappa shape index (κ1) is 16.9. The van der Waals surface area contributed by atoms with Crippen molar-refractivity contribution < 1.29 is 12.8 Å². The Morgan fingerprint density at radius 3 is 2.85 bits per heavy atom.